The zero-order valence-electron chi connectivity index (χ0n) is 9.14. The number of hydrogen-bond donors (Lipinski definition) is 2. The van der Waals surface area contributed by atoms with Crippen molar-refractivity contribution in [1.82, 2.24) is 10.6 Å². The molecule has 0 aromatic rings. The van der Waals surface area contributed by atoms with Gasteiger partial charge in [-0.25, -0.2) is 0 Å². The summed E-state index contributed by atoms with van der Waals surface area (Å²) in [5.41, 5.74) is 0. The normalized spacial score (nSPS) is 21.2. The molecule has 1 rings (SSSR count). The van der Waals surface area contributed by atoms with Crippen molar-refractivity contribution in [2.45, 2.75) is 51.5 Å². The lowest BCUT2D eigenvalue weighted by Crippen LogP contribution is -2.35. The molecule has 0 bridgehead atoms. The van der Waals surface area contributed by atoms with E-state index in [1.54, 1.807) is 0 Å². The summed E-state index contributed by atoms with van der Waals surface area (Å²) in [6, 6.07) is 0.383. The zero-order valence-corrected chi connectivity index (χ0v) is 9.14. The summed E-state index contributed by atoms with van der Waals surface area (Å²) in [5, 5.41) is 6.35. The van der Waals surface area contributed by atoms with E-state index in [9.17, 15) is 4.79 Å². The third-order valence-corrected chi connectivity index (χ3v) is 2.68. The molecule has 0 aliphatic carbocycles. The molecule has 1 aliphatic heterocycles. The molecule has 0 spiro atoms. The largest absolute Gasteiger partial charge is 0.352 e. The van der Waals surface area contributed by atoms with E-state index in [0.717, 1.165) is 19.5 Å². The first-order chi connectivity index (χ1) is 6.83. The molecule has 14 heavy (non-hydrogen) atoms. The number of hydrogen-bond acceptors (Lipinski definition) is 2. The van der Waals surface area contributed by atoms with E-state index in [0.29, 0.717) is 12.5 Å². The van der Waals surface area contributed by atoms with Gasteiger partial charge in [0.25, 0.3) is 0 Å². The van der Waals surface area contributed by atoms with Crippen LogP contribution in [0.3, 0.4) is 0 Å². The highest BCUT2D eigenvalue weighted by Gasteiger charge is 2.19. The van der Waals surface area contributed by atoms with Gasteiger partial charge in [-0.15, -0.1) is 0 Å². The summed E-state index contributed by atoms with van der Waals surface area (Å²) >= 11 is 0. The molecule has 1 atom stereocenters. The van der Waals surface area contributed by atoms with Crippen molar-refractivity contribution in [3.05, 3.63) is 0 Å². The Balaban J connectivity index is 1.86. The smallest absolute Gasteiger partial charge is 0.220 e. The average molecular weight is 198 g/mol. The molecule has 0 saturated carbocycles. The van der Waals surface area contributed by atoms with Crippen molar-refractivity contribution in [3.8, 4) is 0 Å². The van der Waals surface area contributed by atoms with E-state index < -0.39 is 0 Å². The van der Waals surface area contributed by atoms with Crippen LogP contribution in [-0.4, -0.2) is 25.0 Å². The molecule has 0 aromatic carbocycles. The van der Waals surface area contributed by atoms with Crippen molar-refractivity contribution in [2.75, 3.05) is 13.1 Å². The number of carbonyl (C=O) groups is 1. The summed E-state index contributed by atoms with van der Waals surface area (Å²) in [5.74, 6) is 0.211. The summed E-state index contributed by atoms with van der Waals surface area (Å²) < 4.78 is 0. The van der Waals surface area contributed by atoms with E-state index in [4.69, 9.17) is 0 Å². The number of unbranched alkanes of at least 4 members (excludes halogenated alkanes) is 3. The molecule has 3 nitrogen and oxygen atoms in total. The molecule has 1 fully saturated rings. The van der Waals surface area contributed by atoms with E-state index in [1.165, 1.54) is 25.7 Å². The summed E-state index contributed by atoms with van der Waals surface area (Å²) in [7, 11) is 0. The Morgan fingerprint density at radius 1 is 1.43 bits per heavy atom. The lowest BCUT2D eigenvalue weighted by molar-refractivity contribution is -0.119. The lowest BCUT2D eigenvalue weighted by atomic mass is 10.2. The third kappa shape index (κ3) is 4.61. The lowest BCUT2D eigenvalue weighted by Gasteiger charge is -2.10. The quantitative estimate of drug-likeness (QED) is 0.608. The molecule has 0 radical (unpaired) electrons. The molecular weight excluding hydrogens is 176 g/mol. The molecule has 1 aliphatic rings. The van der Waals surface area contributed by atoms with Gasteiger partial charge in [0.1, 0.15) is 0 Å². The summed E-state index contributed by atoms with van der Waals surface area (Å²) in [6.45, 7) is 4.26. The molecule has 82 valence electrons. The van der Waals surface area contributed by atoms with Gasteiger partial charge in [-0.1, -0.05) is 26.2 Å². The summed E-state index contributed by atoms with van der Waals surface area (Å²) in [6.07, 6.45) is 6.92. The van der Waals surface area contributed by atoms with Crippen LogP contribution in [0.5, 0.6) is 0 Å². The van der Waals surface area contributed by atoms with E-state index >= 15 is 0 Å². The van der Waals surface area contributed by atoms with E-state index in [1.807, 2.05) is 0 Å². The van der Waals surface area contributed by atoms with E-state index in [2.05, 4.69) is 17.6 Å². The summed E-state index contributed by atoms with van der Waals surface area (Å²) in [4.78, 5) is 10.9. The second-order valence-electron chi connectivity index (χ2n) is 4.07. The SMILES string of the molecule is CCCCCCNCC1CCC(=O)N1. The Morgan fingerprint density at radius 2 is 2.29 bits per heavy atom. The van der Waals surface area contributed by atoms with Crippen molar-refractivity contribution in [1.29, 1.82) is 0 Å². The van der Waals surface area contributed by atoms with Gasteiger partial charge in [-0.2, -0.15) is 0 Å². The van der Waals surface area contributed by atoms with Gasteiger partial charge in [0.2, 0.25) is 5.91 Å². The second-order valence-corrected chi connectivity index (χ2v) is 4.07. The van der Waals surface area contributed by atoms with Gasteiger partial charge in [0, 0.05) is 19.0 Å². The number of nitrogens with one attached hydrogen (secondary N) is 2. The number of amides is 1. The van der Waals surface area contributed by atoms with Crippen LogP contribution in [0.2, 0.25) is 0 Å². The predicted molar refractivity (Wildman–Crippen MR) is 58.2 cm³/mol. The first-order valence-corrected chi connectivity index (χ1v) is 5.83. The standard InChI is InChI=1S/C11H22N2O/c1-2-3-4-5-8-12-9-10-6-7-11(14)13-10/h10,12H,2-9H2,1H3,(H,13,14). The molecule has 1 heterocycles. The van der Waals surface area contributed by atoms with Gasteiger partial charge in [-0.05, 0) is 19.4 Å². The van der Waals surface area contributed by atoms with Crippen molar-refractivity contribution in [3.63, 3.8) is 0 Å². The first kappa shape index (κ1) is 11.5. The molecule has 3 heteroatoms. The molecule has 1 unspecified atom stereocenters. The molecule has 0 aromatic heterocycles. The van der Waals surface area contributed by atoms with Gasteiger partial charge in [-0.3, -0.25) is 4.79 Å². The minimum atomic E-state index is 0.211. The number of rotatable bonds is 7. The Hall–Kier alpha value is -0.570. The fourth-order valence-electron chi connectivity index (χ4n) is 1.78. The fourth-order valence-corrected chi connectivity index (χ4v) is 1.78. The molecule has 1 saturated heterocycles. The topological polar surface area (TPSA) is 41.1 Å². The maximum absolute atomic E-state index is 10.9. The number of carbonyl (C=O) groups excluding carboxylic acids is 1. The zero-order chi connectivity index (χ0) is 10.2. The van der Waals surface area contributed by atoms with Gasteiger partial charge >= 0.3 is 0 Å². The van der Waals surface area contributed by atoms with Crippen LogP contribution in [0.15, 0.2) is 0 Å². The molecule has 2 N–H and O–H groups in total. The highest BCUT2D eigenvalue weighted by molar-refractivity contribution is 5.78. The van der Waals surface area contributed by atoms with Crippen LogP contribution in [0.1, 0.15) is 45.4 Å². The minimum absolute atomic E-state index is 0.211. The third-order valence-electron chi connectivity index (χ3n) is 2.68. The van der Waals surface area contributed by atoms with Crippen LogP contribution in [0, 0.1) is 0 Å². The Labute approximate surface area is 86.6 Å². The highest BCUT2D eigenvalue weighted by Crippen LogP contribution is 2.05. The first-order valence-electron chi connectivity index (χ1n) is 5.83. The van der Waals surface area contributed by atoms with Gasteiger partial charge in [0.05, 0.1) is 0 Å². The van der Waals surface area contributed by atoms with E-state index in [-0.39, 0.29) is 5.91 Å². The monoisotopic (exact) mass is 198 g/mol. The molecular formula is C11H22N2O. The maximum atomic E-state index is 10.9. The van der Waals surface area contributed by atoms with Gasteiger partial charge < -0.3 is 10.6 Å². The predicted octanol–water partition coefficient (Wildman–Crippen LogP) is 1.43. The van der Waals surface area contributed by atoms with Crippen molar-refractivity contribution < 1.29 is 4.79 Å². The Morgan fingerprint density at radius 3 is 2.93 bits per heavy atom. The Kier molecular flexibility index (Phi) is 5.60. The van der Waals surface area contributed by atoms with Crippen LogP contribution in [-0.2, 0) is 4.79 Å². The molecule has 1 amide bonds. The fraction of sp³-hybridized carbons (Fsp3) is 0.909. The van der Waals surface area contributed by atoms with Crippen LogP contribution in [0.4, 0.5) is 0 Å². The highest BCUT2D eigenvalue weighted by atomic mass is 16.1. The van der Waals surface area contributed by atoms with Crippen molar-refractivity contribution >= 4 is 5.91 Å². The van der Waals surface area contributed by atoms with Gasteiger partial charge in [0.15, 0.2) is 0 Å². The van der Waals surface area contributed by atoms with Crippen LogP contribution < -0.4 is 10.6 Å². The second kappa shape index (κ2) is 6.82. The maximum Gasteiger partial charge on any atom is 0.220 e. The van der Waals surface area contributed by atoms with Crippen LogP contribution >= 0.6 is 0 Å². The Bertz CT molecular complexity index is 171. The minimum Gasteiger partial charge on any atom is -0.352 e. The van der Waals surface area contributed by atoms with Crippen LogP contribution in [0.25, 0.3) is 0 Å². The van der Waals surface area contributed by atoms with Crippen molar-refractivity contribution in [2.24, 2.45) is 0 Å². The average Bonchev–Trinajstić information content (AvgIpc) is 2.58.